The second-order valence-corrected chi connectivity index (χ2v) is 3.61. The average molecular weight is 228 g/mol. The summed E-state index contributed by atoms with van der Waals surface area (Å²) >= 11 is 0. The summed E-state index contributed by atoms with van der Waals surface area (Å²) in [4.78, 5) is 11.6. The number of ether oxygens (including phenoxy) is 1. The minimum absolute atomic E-state index is 0.197. The molecule has 2 aromatic rings. The van der Waals surface area contributed by atoms with Gasteiger partial charge in [-0.05, 0) is 29.8 Å². The molecule has 1 N–H and O–H groups in total. The summed E-state index contributed by atoms with van der Waals surface area (Å²) in [5.74, 6) is -0.151. The Hall–Kier alpha value is -2.29. The van der Waals surface area contributed by atoms with Crippen LogP contribution in [0.5, 0.6) is 5.75 Å². The number of esters is 1. The maximum Gasteiger partial charge on any atom is 0.338 e. The molecule has 0 aliphatic heterocycles. The maximum absolute atomic E-state index is 11.6. The predicted molar refractivity (Wildman–Crippen MR) is 63.7 cm³/mol. The predicted octanol–water partition coefficient (Wildman–Crippen LogP) is 2.75. The Morgan fingerprint density at radius 3 is 2.29 bits per heavy atom. The summed E-state index contributed by atoms with van der Waals surface area (Å²) in [6, 6.07) is 15.4. The normalized spacial score (nSPS) is 9.88. The van der Waals surface area contributed by atoms with Gasteiger partial charge in [0, 0.05) is 0 Å². The van der Waals surface area contributed by atoms with Crippen LogP contribution in [0.2, 0.25) is 0 Å². The van der Waals surface area contributed by atoms with Crippen molar-refractivity contribution in [1.82, 2.24) is 0 Å². The quantitative estimate of drug-likeness (QED) is 0.821. The molecule has 0 amide bonds. The van der Waals surface area contributed by atoms with Crippen molar-refractivity contribution in [3.05, 3.63) is 65.7 Å². The van der Waals surface area contributed by atoms with Gasteiger partial charge in [-0.2, -0.15) is 0 Å². The van der Waals surface area contributed by atoms with E-state index in [2.05, 4.69) is 0 Å². The fourth-order valence-electron chi connectivity index (χ4n) is 1.40. The third kappa shape index (κ3) is 3.08. The van der Waals surface area contributed by atoms with Gasteiger partial charge < -0.3 is 9.84 Å². The molecule has 3 heteroatoms. The molecule has 86 valence electrons. The number of phenolic OH excluding ortho intramolecular Hbond substituents is 1. The second kappa shape index (κ2) is 5.16. The van der Waals surface area contributed by atoms with E-state index in [-0.39, 0.29) is 18.3 Å². The summed E-state index contributed by atoms with van der Waals surface area (Å²) in [5.41, 5.74) is 1.37. The Kier molecular flexibility index (Phi) is 3.40. The summed E-state index contributed by atoms with van der Waals surface area (Å²) in [5, 5.41) is 9.10. The van der Waals surface area contributed by atoms with Crippen molar-refractivity contribution in [2.45, 2.75) is 6.61 Å². The van der Waals surface area contributed by atoms with Crippen molar-refractivity contribution in [2.75, 3.05) is 0 Å². The van der Waals surface area contributed by atoms with Gasteiger partial charge in [-0.1, -0.05) is 30.3 Å². The number of carbonyl (C=O) groups excluding carboxylic acids is 1. The SMILES string of the molecule is O=C(OCc1ccc(O)cc1)c1ccccc1. The molecular formula is C14H12O3. The first kappa shape index (κ1) is 11.2. The zero-order chi connectivity index (χ0) is 12.1. The average Bonchev–Trinajstić information content (AvgIpc) is 2.39. The Morgan fingerprint density at radius 2 is 1.65 bits per heavy atom. The van der Waals surface area contributed by atoms with Gasteiger partial charge in [0.15, 0.2) is 0 Å². The number of phenols is 1. The van der Waals surface area contributed by atoms with E-state index < -0.39 is 0 Å². The Bertz CT molecular complexity index is 489. The molecule has 0 fully saturated rings. The minimum atomic E-state index is -0.348. The summed E-state index contributed by atoms with van der Waals surface area (Å²) in [6.07, 6.45) is 0. The van der Waals surface area contributed by atoms with E-state index in [0.717, 1.165) is 5.56 Å². The van der Waals surface area contributed by atoms with Crippen LogP contribution < -0.4 is 0 Å². The van der Waals surface area contributed by atoms with Crippen LogP contribution in [0.1, 0.15) is 15.9 Å². The molecule has 0 aromatic heterocycles. The molecule has 0 aliphatic carbocycles. The van der Waals surface area contributed by atoms with Crippen LogP contribution in [-0.2, 0) is 11.3 Å². The van der Waals surface area contributed by atoms with Crippen molar-refractivity contribution in [2.24, 2.45) is 0 Å². The van der Waals surface area contributed by atoms with E-state index in [4.69, 9.17) is 9.84 Å². The van der Waals surface area contributed by atoms with Gasteiger partial charge in [0.25, 0.3) is 0 Å². The monoisotopic (exact) mass is 228 g/mol. The molecule has 0 unspecified atom stereocenters. The fourth-order valence-corrected chi connectivity index (χ4v) is 1.40. The highest BCUT2D eigenvalue weighted by Crippen LogP contribution is 2.11. The summed E-state index contributed by atoms with van der Waals surface area (Å²) in [6.45, 7) is 0.202. The molecule has 0 spiro atoms. The number of carbonyl (C=O) groups is 1. The van der Waals surface area contributed by atoms with Gasteiger partial charge in [0.1, 0.15) is 12.4 Å². The van der Waals surface area contributed by atoms with Crippen molar-refractivity contribution in [1.29, 1.82) is 0 Å². The van der Waals surface area contributed by atoms with Crippen LogP contribution >= 0.6 is 0 Å². The van der Waals surface area contributed by atoms with Gasteiger partial charge in [0.2, 0.25) is 0 Å². The molecule has 3 nitrogen and oxygen atoms in total. The van der Waals surface area contributed by atoms with Crippen LogP contribution in [0.15, 0.2) is 54.6 Å². The molecule has 2 aromatic carbocycles. The summed E-state index contributed by atoms with van der Waals surface area (Å²) < 4.78 is 5.13. The molecule has 2 rings (SSSR count). The third-order valence-corrected chi connectivity index (χ3v) is 2.32. The highest BCUT2D eigenvalue weighted by Gasteiger charge is 2.05. The molecule has 0 saturated heterocycles. The van der Waals surface area contributed by atoms with Crippen molar-refractivity contribution in [3.8, 4) is 5.75 Å². The third-order valence-electron chi connectivity index (χ3n) is 2.32. The Morgan fingerprint density at radius 1 is 1.00 bits per heavy atom. The lowest BCUT2D eigenvalue weighted by molar-refractivity contribution is 0.0472. The molecule has 0 radical (unpaired) electrons. The van der Waals surface area contributed by atoms with Crippen LogP contribution in [0.4, 0.5) is 0 Å². The number of hydrogen-bond donors (Lipinski definition) is 1. The number of aromatic hydroxyl groups is 1. The van der Waals surface area contributed by atoms with Gasteiger partial charge in [-0.3, -0.25) is 0 Å². The first-order valence-electron chi connectivity index (χ1n) is 5.26. The minimum Gasteiger partial charge on any atom is -0.508 e. The number of hydrogen-bond acceptors (Lipinski definition) is 3. The van der Waals surface area contributed by atoms with Gasteiger partial charge >= 0.3 is 5.97 Å². The molecule has 17 heavy (non-hydrogen) atoms. The van der Waals surface area contributed by atoms with Crippen molar-refractivity contribution < 1.29 is 14.6 Å². The highest BCUT2D eigenvalue weighted by molar-refractivity contribution is 5.89. The van der Waals surface area contributed by atoms with E-state index >= 15 is 0 Å². The first-order chi connectivity index (χ1) is 8.25. The highest BCUT2D eigenvalue weighted by atomic mass is 16.5. The van der Waals surface area contributed by atoms with Gasteiger partial charge in [-0.15, -0.1) is 0 Å². The summed E-state index contributed by atoms with van der Waals surface area (Å²) in [7, 11) is 0. The number of benzene rings is 2. The lowest BCUT2D eigenvalue weighted by atomic mass is 10.2. The Labute approximate surface area is 99.3 Å². The smallest absolute Gasteiger partial charge is 0.338 e. The van der Waals surface area contributed by atoms with E-state index in [9.17, 15) is 4.79 Å². The molecule has 0 atom stereocenters. The standard InChI is InChI=1S/C14H12O3/c15-13-8-6-11(7-9-13)10-17-14(16)12-4-2-1-3-5-12/h1-9,15H,10H2. The van der Waals surface area contributed by atoms with Crippen LogP contribution in [0.25, 0.3) is 0 Å². The fraction of sp³-hybridized carbons (Fsp3) is 0.0714. The van der Waals surface area contributed by atoms with Crippen LogP contribution in [-0.4, -0.2) is 11.1 Å². The van der Waals surface area contributed by atoms with E-state index in [1.807, 2.05) is 6.07 Å². The van der Waals surface area contributed by atoms with Crippen molar-refractivity contribution in [3.63, 3.8) is 0 Å². The Balaban J connectivity index is 1.95. The maximum atomic E-state index is 11.6. The van der Waals surface area contributed by atoms with Crippen LogP contribution in [0, 0.1) is 0 Å². The molecule has 0 saturated carbocycles. The van der Waals surface area contributed by atoms with E-state index in [0.29, 0.717) is 5.56 Å². The zero-order valence-electron chi connectivity index (χ0n) is 9.17. The molecular weight excluding hydrogens is 216 g/mol. The van der Waals surface area contributed by atoms with Crippen molar-refractivity contribution >= 4 is 5.97 Å². The topological polar surface area (TPSA) is 46.5 Å². The second-order valence-electron chi connectivity index (χ2n) is 3.61. The molecule has 0 aliphatic rings. The lowest BCUT2D eigenvalue weighted by Crippen LogP contribution is -2.04. The lowest BCUT2D eigenvalue weighted by Gasteiger charge is -2.04. The largest absolute Gasteiger partial charge is 0.508 e. The van der Waals surface area contributed by atoms with Gasteiger partial charge in [-0.25, -0.2) is 4.79 Å². The van der Waals surface area contributed by atoms with E-state index in [1.165, 1.54) is 0 Å². The molecule has 0 bridgehead atoms. The number of rotatable bonds is 3. The van der Waals surface area contributed by atoms with Gasteiger partial charge in [0.05, 0.1) is 5.56 Å². The molecule has 0 heterocycles. The first-order valence-corrected chi connectivity index (χ1v) is 5.26. The van der Waals surface area contributed by atoms with Crippen LogP contribution in [0.3, 0.4) is 0 Å². The zero-order valence-corrected chi connectivity index (χ0v) is 9.17. The van der Waals surface area contributed by atoms with E-state index in [1.54, 1.807) is 48.5 Å².